The quantitative estimate of drug-likeness (QED) is 0.718. The van der Waals surface area contributed by atoms with E-state index in [-0.39, 0.29) is 41.7 Å². The molecule has 2 N–H and O–H groups in total. The van der Waals surface area contributed by atoms with Crippen molar-refractivity contribution >= 4 is 41.8 Å². The molecule has 0 bridgehead atoms. The van der Waals surface area contributed by atoms with Gasteiger partial charge in [-0.1, -0.05) is 6.92 Å². The van der Waals surface area contributed by atoms with Gasteiger partial charge in [-0.05, 0) is 77.9 Å². The number of piperidine rings is 1. The molecule has 2 fully saturated rings. The number of pyridine rings is 1. The SMILES string of the molecule is Cc1nn(C(C)(C)C)c2nc(C3CC3)cc(C(=O)NCC3(C)CCNCC3)c12.Cl.Cl. The smallest absolute Gasteiger partial charge is 0.252 e. The van der Waals surface area contributed by atoms with Crippen molar-refractivity contribution in [2.75, 3.05) is 19.6 Å². The predicted octanol–water partition coefficient (Wildman–Crippen LogP) is 4.34. The second-order valence-corrected chi connectivity index (χ2v) is 9.98. The van der Waals surface area contributed by atoms with E-state index in [0.29, 0.717) is 12.5 Å². The van der Waals surface area contributed by atoms with Crippen LogP contribution in [0, 0.1) is 12.3 Å². The molecule has 2 aliphatic rings. The number of aryl methyl sites for hydroxylation is 1. The van der Waals surface area contributed by atoms with Crippen molar-refractivity contribution in [1.29, 1.82) is 0 Å². The van der Waals surface area contributed by atoms with Gasteiger partial charge in [-0.25, -0.2) is 9.67 Å². The Morgan fingerprint density at radius 3 is 2.47 bits per heavy atom. The van der Waals surface area contributed by atoms with Gasteiger partial charge < -0.3 is 10.6 Å². The minimum Gasteiger partial charge on any atom is -0.351 e. The summed E-state index contributed by atoms with van der Waals surface area (Å²) in [5, 5.41) is 12.3. The average molecular weight is 456 g/mol. The first kappa shape index (κ1) is 24.9. The van der Waals surface area contributed by atoms with E-state index in [2.05, 4.69) is 38.3 Å². The first-order valence-corrected chi connectivity index (χ1v) is 10.6. The molecule has 8 heteroatoms. The molecular formula is C22H35Cl2N5O. The molecule has 1 aliphatic carbocycles. The van der Waals surface area contributed by atoms with Crippen LogP contribution >= 0.6 is 24.8 Å². The standard InChI is InChI=1S/C22H33N5O.2ClH/c1-14-18-16(20(28)24-13-22(5)8-10-23-11-9-22)12-17(15-6-7-15)25-19(18)27(26-14)21(2,3)4;;/h12,15,23H,6-11,13H2,1-5H3,(H,24,28);2*1H. The normalized spacial score (nSPS) is 18.4. The molecule has 1 aliphatic heterocycles. The highest BCUT2D eigenvalue weighted by molar-refractivity contribution is 6.06. The molecule has 30 heavy (non-hydrogen) atoms. The lowest BCUT2D eigenvalue weighted by Crippen LogP contribution is -2.43. The Kier molecular flexibility index (Phi) is 7.48. The van der Waals surface area contributed by atoms with E-state index in [0.717, 1.165) is 66.8 Å². The van der Waals surface area contributed by atoms with Gasteiger partial charge in [0.2, 0.25) is 0 Å². The molecule has 0 unspecified atom stereocenters. The Morgan fingerprint density at radius 2 is 1.90 bits per heavy atom. The van der Waals surface area contributed by atoms with Crippen molar-refractivity contribution in [2.45, 2.75) is 71.8 Å². The van der Waals surface area contributed by atoms with E-state index in [9.17, 15) is 4.79 Å². The van der Waals surface area contributed by atoms with Crippen LogP contribution in [-0.4, -0.2) is 40.3 Å². The van der Waals surface area contributed by atoms with Crippen LogP contribution in [0.4, 0.5) is 0 Å². The van der Waals surface area contributed by atoms with E-state index in [1.165, 1.54) is 0 Å². The maximum absolute atomic E-state index is 13.3. The number of carbonyl (C=O) groups excluding carboxylic acids is 1. The zero-order valence-electron chi connectivity index (χ0n) is 18.7. The van der Waals surface area contributed by atoms with Crippen LogP contribution in [0.5, 0.6) is 0 Å². The number of nitrogens with one attached hydrogen (secondary N) is 2. The van der Waals surface area contributed by atoms with Gasteiger partial charge in [-0.2, -0.15) is 5.10 Å². The molecule has 0 spiro atoms. The zero-order valence-corrected chi connectivity index (χ0v) is 20.3. The number of rotatable bonds is 4. The summed E-state index contributed by atoms with van der Waals surface area (Å²) in [6.07, 6.45) is 4.50. The molecule has 2 aromatic rings. The van der Waals surface area contributed by atoms with Crippen molar-refractivity contribution in [1.82, 2.24) is 25.4 Å². The Balaban J connectivity index is 0.00000160. The second-order valence-electron chi connectivity index (χ2n) is 9.98. The van der Waals surface area contributed by atoms with Gasteiger partial charge in [0, 0.05) is 18.2 Å². The summed E-state index contributed by atoms with van der Waals surface area (Å²) in [5.74, 6) is 0.493. The molecule has 0 radical (unpaired) electrons. The summed E-state index contributed by atoms with van der Waals surface area (Å²) in [6, 6.07) is 2.02. The van der Waals surface area contributed by atoms with E-state index in [4.69, 9.17) is 10.1 Å². The lowest BCUT2D eigenvalue weighted by Gasteiger charge is -2.34. The number of nitrogens with zero attached hydrogens (tertiary/aromatic N) is 3. The van der Waals surface area contributed by atoms with Gasteiger partial charge in [0.25, 0.3) is 5.91 Å². The van der Waals surface area contributed by atoms with E-state index < -0.39 is 0 Å². The topological polar surface area (TPSA) is 71.8 Å². The van der Waals surface area contributed by atoms with Gasteiger partial charge in [0.1, 0.15) is 0 Å². The monoisotopic (exact) mass is 455 g/mol. The summed E-state index contributed by atoms with van der Waals surface area (Å²) in [5.41, 5.74) is 3.47. The molecule has 0 aromatic carbocycles. The van der Waals surface area contributed by atoms with Crippen molar-refractivity contribution in [2.24, 2.45) is 5.41 Å². The first-order valence-electron chi connectivity index (χ1n) is 10.6. The molecule has 2 aromatic heterocycles. The summed E-state index contributed by atoms with van der Waals surface area (Å²) in [7, 11) is 0. The molecule has 0 atom stereocenters. The van der Waals surface area contributed by atoms with Crippen LogP contribution in [0.25, 0.3) is 11.0 Å². The Bertz CT molecular complexity index is 908. The van der Waals surface area contributed by atoms with Gasteiger partial charge in [0.15, 0.2) is 5.65 Å². The van der Waals surface area contributed by atoms with Gasteiger partial charge >= 0.3 is 0 Å². The van der Waals surface area contributed by atoms with Crippen LogP contribution in [0.3, 0.4) is 0 Å². The van der Waals surface area contributed by atoms with Crippen LogP contribution in [0.15, 0.2) is 6.07 Å². The molecule has 4 rings (SSSR count). The average Bonchev–Trinajstić information content (AvgIpc) is 3.43. The first-order chi connectivity index (χ1) is 13.2. The lowest BCUT2D eigenvalue weighted by molar-refractivity contribution is 0.0923. The van der Waals surface area contributed by atoms with Gasteiger partial charge in [-0.3, -0.25) is 4.79 Å². The Labute approximate surface area is 191 Å². The highest BCUT2D eigenvalue weighted by Crippen LogP contribution is 2.41. The van der Waals surface area contributed by atoms with E-state index in [1.54, 1.807) is 0 Å². The number of hydrogen-bond donors (Lipinski definition) is 2. The second kappa shape index (κ2) is 9.01. The number of halogens is 2. The van der Waals surface area contributed by atoms with E-state index in [1.807, 2.05) is 17.7 Å². The maximum atomic E-state index is 13.3. The number of fused-ring (bicyclic) bond motifs is 1. The number of aromatic nitrogens is 3. The lowest BCUT2D eigenvalue weighted by atomic mass is 9.81. The van der Waals surface area contributed by atoms with Gasteiger partial charge in [0.05, 0.1) is 22.2 Å². The number of amides is 1. The summed E-state index contributed by atoms with van der Waals surface area (Å²) in [4.78, 5) is 18.2. The third-order valence-electron chi connectivity index (χ3n) is 6.19. The summed E-state index contributed by atoms with van der Waals surface area (Å²) in [6.45, 7) is 13.4. The molecule has 6 nitrogen and oxygen atoms in total. The highest BCUT2D eigenvalue weighted by Gasteiger charge is 2.31. The minimum absolute atomic E-state index is 0. The zero-order chi connectivity index (χ0) is 20.1. The van der Waals surface area contributed by atoms with E-state index >= 15 is 0 Å². The number of carbonyl (C=O) groups is 1. The highest BCUT2D eigenvalue weighted by atomic mass is 35.5. The van der Waals surface area contributed by atoms with Crippen LogP contribution in [0.2, 0.25) is 0 Å². The third kappa shape index (κ3) is 4.92. The van der Waals surface area contributed by atoms with Crippen LogP contribution in [0.1, 0.15) is 81.0 Å². The van der Waals surface area contributed by atoms with Crippen molar-refractivity contribution in [3.63, 3.8) is 0 Å². The van der Waals surface area contributed by atoms with Crippen molar-refractivity contribution in [3.8, 4) is 0 Å². The molecule has 1 saturated heterocycles. The third-order valence-corrected chi connectivity index (χ3v) is 6.19. The Morgan fingerprint density at radius 1 is 1.27 bits per heavy atom. The maximum Gasteiger partial charge on any atom is 0.252 e. The summed E-state index contributed by atoms with van der Waals surface area (Å²) >= 11 is 0. The fourth-order valence-corrected chi connectivity index (χ4v) is 4.14. The minimum atomic E-state index is -0.183. The Hall–Kier alpha value is -1.37. The fourth-order valence-electron chi connectivity index (χ4n) is 4.14. The molecule has 168 valence electrons. The molecular weight excluding hydrogens is 421 g/mol. The molecule has 3 heterocycles. The predicted molar refractivity (Wildman–Crippen MR) is 126 cm³/mol. The van der Waals surface area contributed by atoms with Gasteiger partial charge in [-0.15, -0.1) is 24.8 Å². The van der Waals surface area contributed by atoms with Crippen molar-refractivity contribution in [3.05, 3.63) is 23.0 Å². The molecule has 1 saturated carbocycles. The number of hydrogen-bond acceptors (Lipinski definition) is 4. The largest absolute Gasteiger partial charge is 0.351 e. The molecule has 1 amide bonds. The van der Waals surface area contributed by atoms with Crippen molar-refractivity contribution < 1.29 is 4.79 Å². The van der Waals surface area contributed by atoms with Crippen LogP contribution < -0.4 is 10.6 Å². The summed E-state index contributed by atoms with van der Waals surface area (Å²) < 4.78 is 1.98. The fraction of sp³-hybridized carbons (Fsp3) is 0.682. The van der Waals surface area contributed by atoms with Crippen LogP contribution in [-0.2, 0) is 5.54 Å².